The monoisotopic (exact) mass is 253 g/mol. The number of benzene rings is 1. The van der Waals surface area contributed by atoms with Gasteiger partial charge in [-0.1, -0.05) is 0 Å². The molecule has 5 heteroatoms. The zero-order valence-corrected chi connectivity index (χ0v) is 11.1. The van der Waals surface area contributed by atoms with Crippen molar-refractivity contribution in [2.24, 2.45) is 0 Å². The average Bonchev–Trinajstić information content (AvgIpc) is 2.20. The van der Waals surface area contributed by atoms with Gasteiger partial charge in [0.15, 0.2) is 0 Å². The number of phenols is 1. The Morgan fingerprint density at radius 3 is 2.56 bits per heavy atom. The summed E-state index contributed by atoms with van der Waals surface area (Å²) in [6, 6.07) is 4.66. The minimum absolute atomic E-state index is 0.0631. The normalized spacial score (nSPS) is 10.9. The third-order valence-corrected chi connectivity index (χ3v) is 1.92. The zero-order chi connectivity index (χ0) is 13.8. The highest BCUT2D eigenvalue weighted by molar-refractivity contribution is 5.87. The van der Waals surface area contributed by atoms with E-state index < -0.39 is 11.7 Å². The smallest absolute Gasteiger partial charge is 0.412 e. The topological polar surface area (TPSA) is 67.8 Å². The molecule has 0 aliphatic heterocycles. The van der Waals surface area contributed by atoms with E-state index in [1.165, 1.54) is 6.07 Å². The van der Waals surface area contributed by atoms with Gasteiger partial charge in [0.25, 0.3) is 0 Å². The van der Waals surface area contributed by atoms with Crippen molar-refractivity contribution in [3.63, 3.8) is 0 Å². The Morgan fingerprint density at radius 2 is 2.06 bits per heavy atom. The quantitative estimate of drug-likeness (QED) is 0.812. The fourth-order valence-electron chi connectivity index (χ4n) is 1.29. The summed E-state index contributed by atoms with van der Waals surface area (Å²) in [6.45, 7) is 7.67. The number of rotatable bonds is 3. The lowest BCUT2D eigenvalue weighted by Gasteiger charge is -2.20. The number of ether oxygens (including phenoxy) is 2. The largest absolute Gasteiger partial charge is 0.506 e. The summed E-state index contributed by atoms with van der Waals surface area (Å²) in [7, 11) is 0. The number of amides is 1. The highest BCUT2D eigenvalue weighted by Crippen LogP contribution is 2.28. The molecule has 0 aromatic heterocycles. The van der Waals surface area contributed by atoms with Gasteiger partial charge in [-0.15, -0.1) is 0 Å². The van der Waals surface area contributed by atoms with Crippen molar-refractivity contribution in [3.05, 3.63) is 18.2 Å². The summed E-state index contributed by atoms with van der Waals surface area (Å²) >= 11 is 0. The molecule has 0 aliphatic carbocycles. The predicted molar refractivity (Wildman–Crippen MR) is 69.1 cm³/mol. The number of aromatic hydroxyl groups is 1. The SMILES string of the molecule is CCOc1ccc(NC(=O)OC(C)(C)C)c(O)c1. The summed E-state index contributed by atoms with van der Waals surface area (Å²) in [5.41, 5.74) is -0.293. The molecule has 5 nitrogen and oxygen atoms in total. The van der Waals surface area contributed by atoms with Crippen molar-refractivity contribution in [1.29, 1.82) is 0 Å². The average molecular weight is 253 g/mol. The summed E-state index contributed by atoms with van der Waals surface area (Å²) < 4.78 is 10.3. The van der Waals surface area contributed by atoms with Gasteiger partial charge in [0.05, 0.1) is 12.3 Å². The van der Waals surface area contributed by atoms with Gasteiger partial charge in [-0.2, -0.15) is 0 Å². The first-order valence-corrected chi connectivity index (χ1v) is 5.77. The van der Waals surface area contributed by atoms with Gasteiger partial charge in [0.1, 0.15) is 17.1 Å². The van der Waals surface area contributed by atoms with Crippen LogP contribution in [0.3, 0.4) is 0 Å². The van der Waals surface area contributed by atoms with E-state index in [4.69, 9.17) is 9.47 Å². The van der Waals surface area contributed by atoms with Gasteiger partial charge in [-0.25, -0.2) is 4.79 Å². The van der Waals surface area contributed by atoms with Crippen molar-refractivity contribution in [1.82, 2.24) is 0 Å². The maximum Gasteiger partial charge on any atom is 0.412 e. The second-order valence-electron chi connectivity index (χ2n) is 4.74. The Morgan fingerprint density at radius 1 is 1.39 bits per heavy atom. The molecule has 0 heterocycles. The number of carbonyl (C=O) groups excluding carboxylic acids is 1. The van der Waals surface area contributed by atoms with Gasteiger partial charge in [-0.3, -0.25) is 5.32 Å². The molecule has 1 rings (SSSR count). The Bertz CT molecular complexity index is 423. The second kappa shape index (κ2) is 5.62. The first kappa shape index (κ1) is 14.2. The van der Waals surface area contributed by atoms with Crippen LogP contribution in [0.25, 0.3) is 0 Å². The fraction of sp³-hybridized carbons (Fsp3) is 0.462. The highest BCUT2D eigenvalue weighted by atomic mass is 16.6. The van der Waals surface area contributed by atoms with E-state index in [1.807, 2.05) is 6.92 Å². The van der Waals surface area contributed by atoms with Crippen LogP contribution < -0.4 is 10.1 Å². The zero-order valence-electron chi connectivity index (χ0n) is 11.1. The molecule has 0 aliphatic rings. The molecule has 0 atom stereocenters. The van der Waals surface area contributed by atoms with Gasteiger partial charge >= 0.3 is 6.09 Å². The van der Waals surface area contributed by atoms with E-state index in [1.54, 1.807) is 32.9 Å². The summed E-state index contributed by atoms with van der Waals surface area (Å²) in [4.78, 5) is 11.5. The molecule has 2 N–H and O–H groups in total. The molecular formula is C13H19NO4. The van der Waals surface area contributed by atoms with Gasteiger partial charge in [0, 0.05) is 6.07 Å². The Balaban J connectivity index is 2.71. The molecule has 0 fully saturated rings. The predicted octanol–water partition coefficient (Wildman–Crippen LogP) is 3.14. The molecule has 0 radical (unpaired) electrons. The minimum atomic E-state index is -0.609. The lowest BCUT2D eigenvalue weighted by Crippen LogP contribution is -2.27. The highest BCUT2D eigenvalue weighted by Gasteiger charge is 2.17. The van der Waals surface area contributed by atoms with Crippen LogP contribution >= 0.6 is 0 Å². The van der Waals surface area contributed by atoms with Crippen LogP contribution in [-0.4, -0.2) is 23.4 Å². The summed E-state index contributed by atoms with van der Waals surface area (Å²) in [5, 5.41) is 12.2. The van der Waals surface area contributed by atoms with Gasteiger partial charge in [-0.05, 0) is 39.8 Å². The molecule has 0 saturated carbocycles. The number of nitrogens with one attached hydrogen (secondary N) is 1. The second-order valence-corrected chi connectivity index (χ2v) is 4.74. The van der Waals surface area contributed by atoms with Crippen LogP contribution in [0, 0.1) is 0 Å². The number of hydrogen-bond acceptors (Lipinski definition) is 4. The van der Waals surface area contributed by atoms with Crippen molar-refractivity contribution < 1.29 is 19.4 Å². The van der Waals surface area contributed by atoms with Crippen molar-refractivity contribution >= 4 is 11.8 Å². The van der Waals surface area contributed by atoms with Gasteiger partial charge < -0.3 is 14.6 Å². The van der Waals surface area contributed by atoms with Crippen molar-refractivity contribution in [3.8, 4) is 11.5 Å². The number of hydrogen-bond donors (Lipinski definition) is 2. The van der Waals surface area contributed by atoms with Crippen molar-refractivity contribution in [2.45, 2.75) is 33.3 Å². The molecule has 0 saturated heterocycles. The molecule has 1 aromatic rings. The maximum atomic E-state index is 11.5. The number of anilines is 1. The molecule has 1 aromatic carbocycles. The lowest BCUT2D eigenvalue weighted by atomic mass is 10.2. The van der Waals surface area contributed by atoms with Crippen LogP contribution in [0.15, 0.2) is 18.2 Å². The molecule has 0 bridgehead atoms. The van der Waals surface area contributed by atoms with E-state index in [9.17, 15) is 9.90 Å². The standard InChI is InChI=1S/C13H19NO4/c1-5-17-9-6-7-10(11(15)8-9)14-12(16)18-13(2,3)4/h6-8,15H,5H2,1-4H3,(H,14,16). The van der Waals surface area contributed by atoms with E-state index in [0.717, 1.165) is 0 Å². The van der Waals surface area contributed by atoms with Crippen LogP contribution in [0.5, 0.6) is 11.5 Å². The molecule has 0 unspecified atom stereocenters. The third-order valence-electron chi connectivity index (χ3n) is 1.92. The maximum absolute atomic E-state index is 11.5. The Labute approximate surface area is 107 Å². The lowest BCUT2D eigenvalue weighted by molar-refractivity contribution is 0.0635. The fourth-order valence-corrected chi connectivity index (χ4v) is 1.29. The molecule has 100 valence electrons. The number of carbonyl (C=O) groups is 1. The summed E-state index contributed by atoms with van der Waals surface area (Å²) in [6.07, 6.45) is -0.609. The van der Waals surface area contributed by atoms with Crippen LogP contribution in [-0.2, 0) is 4.74 Å². The van der Waals surface area contributed by atoms with Crippen LogP contribution in [0.1, 0.15) is 27.7 Å². The molecule has 0 spiro atoms. The van der Waals surface area contributed by atoms with Crippen LogP contribution in [0.4, 0.5) is 10.5 Å². The van der Waals surface area contributed by atoms with Crippen LogP contribution in [0.2, 0.25) is 0 Å². The molecule has 1 amide bonds. The van der Waals surface area contributed by atoms with Crippen molar-refractivity contribution in [2.75, 3.05) is 11.9 Å². The molecule has 18 heavy (non-hydrogen) atoms. The minimum Gasteiger partial charge on any atom is -0.506 e. The van der Waals surface area contributed by atoms with E-state index >= 15 is 0 Å². The number of phenolic OH excluding ortho intramolecular Hbond substituents is 1. The van der Waals surface area contributed by atoms with Gasteiger partial charge in [0.2, 0.25) is 0 Å². The molecular weight excluding hydrogens is 234 g/mol. The van der Waals surface area contributed by atoms with E-state index in [-0.39, 0.29) is 11.4 Å². The Hall–Kier alpha value is -1.91. The Kier molecular flexibility index (Phi) is 4.42. The van der Waals surface area contributed by atoms with E-state index in [2.05, 4.69) is 5.32 Å². The first-order valence-electron chi connectivity index (χ1n) is 5.77. The third kappa shape index (κ3) is 4.53. The first-order chi connectivity index (χ1) is 8.31. The summed E-state index contributed by atoms with van der Waals surface area (Å²) in [5.74, 6) is 0.483. The van der Waals surface area contributed by atoms with E-state index in [0.29, 0.717) is 12.4 Å².